The molecule has 0 aromatic heterocycles. The molecule has 2 atom stereocenters. The highest BCUT2D eigenvalue weighted by atomic mass is 32.2. The topological polar surface area (TPSA) is 162 Å². The van der Waals surface area contributed by atoms with Crippen molar-refractivity contribution in [2.24, 2.45) is 5.14 Å². The molecule has 3 aromatic rings. The SMILES string of the molecule is C[C@H](Cc1cccc(C(=O)NCc2ccc(S(N)(=O)=O)cc2)c1)NC[C@H](O)c1ccc(O)c(CO)c1. The van der Waals surface area contributed by atoms with Gasteiger partial charge in [0.25, 0.3) is 5.91 Å². The van der Waals surface area contributed by atoms with Crippen molar-refractivity contribution in [3.8, 4) is 5.75 Å². The van der Waals surface area contributed by atoms with E-state index >= 15 is 0 Å². The summed E-state index contributed by atoms with van der Waals surface area (Å²) >= 11 is 0. The number of phenols is 1. The molecule has 36 heavy (non-hydrogen) atoms. The minimum Gasteiger partial charge on any atom is -0.508 e. The molecular weight excluding hydrogens is 482 g/mol. The zero-order chi connectivity index (χ0) is 26.3. The largest absolute Gasteiger partial charge is 0.508 e. The summed E-state index contributed by atoms with van der Waals surface area (Å²) in [6.45, 7) is 2.17. The Morgan fingerprint density at radius 1 is 1.03 bits per heavy atom. The Bertz CT molecular complexity index is 1300. The third kappa shape index (κ3) is 7.61. The molecule has 0 aliphatic rings. The average molecular weight is 514 g/mol. The van der Waals surface area contributed by atoms with Crippen LogP contribution in [0.4, 0.5) is 0 Å². The van der Waals surface area contributed by atoms with Crippen LogP contribution in [0.1, 0.15) is 45.6 Å². The lowest BCUT2D eigenvalue weighted by molar-refractivity contribution is 0.0950. The summed E-state index contributed by atoms with van der Waals surface area (Å²) in [6.07, 6.45) is -0.185. The molecule has 192 valence electrons. The first-order valence-electron chi connectivity index (χ1n) is 11.4. The van der Waals surface area contributed by atoms with Gasteiger partial charge in [0.05, 0.1) is 17.6 Å². The fraction of sp³-hybridized carbons (Fsp3) is 0.269. The number of hydrogen-bond donors (Lipinski definition) is 6. The van der Waals surface area contributed by atoms with E-state index < -0.39 is 16.1 Å². The number of rotatable bonds is 11. The maximum atomic E-state index is 12.6. The number of amides is 1. The van der Waals surface area contributed by atoms with Gasteiger partial charge in [-0.3, -0.25) is 4.79 Å². The molecule has 0 radical (unpaired) electrons. The van der Waals surface area contributed by atoms with Crippen molar-refractivity contribution in [3.63, 3.8) is 0 Å². The maximum absolute atomic E-state index is 12.6. The fourth-order valence-corrected chi connectivity index (χ4v) is 4.23. The molecule has 0 saturated carbocycles. The molecule has 0 spiro atoms. The number of aliphatic hydroxyl groups excluding tert-OH is 2. The Balaban J connectivity index is 1.52. The zero-order valence-corrected chi connectivity index (χ0v) is 20.7. The molecule has 3 rings (SSSR count). The van der Waals surface area contributed by atoms with Gasteiger partial charge in [0.15, 0.2) is 0 Å². The maximum Gasteiger partial charge on any atom is 0.251 e. The molecule has 0 aliphatic carbocycles. The summed E-state index contributed by atoms with van der Waals surface area (Å²) in [7, 11) is -3.76. The molecule has 9 nitrogen and oxygen atoms in total. The van der Waals surface area contributed by atoms with Crippen LogP contribution in [0.5, 0.6) is 5.75 Å². The van der Waals surface area contributed by atoms with Crippen LogP contribution >= 0.6 is 0 Å². The lowest BCUT2D eigenvalue weighted by atomic mass is 10.0. The predicted octanol–water partition coefficient (Wildman–Crippen LogP) is 1.72. The second kappa shape index (κ2) is 12.1. The van der Waals surface area contributed by atoms with Gasteiger partial charge in [-0.1, -0.05) is 30.3 Å². The molecule has 3 aromatic carbocycles. The van der Waals surface area contributed by atoms with E-state index in [1.807, 2.05) is 19.1 Å². The number of aliphatic hydroxyl groups is 2. The van der Waals surface area contributed by atoms with Gasteiger partial charge in [0.1, 0.15) is 5.75 Å². The Hall–Kier alpha value is -3.28. The van der Waals surface area contributed by atoms with Crippen LogP contribution in [-0.2, 0) is 29.6 Å². The van der Waals surface area contributed by atoms with Crippen molar-refractivity contribution in [2.75, 3.05) is 6.54 Å². The van der Waals surface area contributed by atoms with Gasteiger partial charge in [-0.05, 0) is 66.4 Å². The van der Waals surface area contributed by atoms with Gasteiger partial charge >= 0.3 is 0 Å². The first kappa shape index (κ1) is 27.3. The first-order chi connectivity index (χ1) is 17.1. The third-order valence-electron chi connectivity index (χ3n) is 5.75. The molecular formula is C26H31N3O6S. The Kier molecular flexibility index (Phi) is 9.19. The Morgan fingerprint density at radius 2 is 1.75 bits per heavy atom. The van der Waals surface area contributed by atoms with Crippen LogP contribution in [0, 0.1) is 0 Å². The van der Waals surface area contributed by atoms with Crippen molar-refractivity contribution < 1.29 is 28.5 Å². The van der Waals surface area contributed by atoms with Gasteiger partial charge in [-0.25, -0.2) is 13.6 Å². The van der Waals surface area contributed by atoms with Crippen LogP contribution in [0.25, 0.3) is 0 Å². The summed E-state index contributed by atoms with van der Waals surface area (Å²) in [5, 5.41) is 40.6. The summed E-state index contributed by atoms with van der Waals surface area (Å²) in [4.78, 5) is 12.6. The Morgan fingerprint density at radius 3 is 2.42 bits per heavy atom. The van der Waals surface area contributed by atoms with Crippen molar-refractivity contribution in [3.05, 3.63) is 94.5 Å². The molecule has 1 amide bonds. The van der Waals surface area contributed by atoms with E-state index in [0.717, 1.165) is 11.1 Å². The minimum atomic E-state index is -3.76. The third-order valence-corrected chi connectivity index (χ3v) is 6.68. The number of primary sulfonamides is 1. The summed E-state index contributed by atoms with van der Waals surface area (Å²) < 4.78 is 22.7. The number of hydrogen-bond acceptors (Lipinski definition) is 7. The van der Waals surface area contributed by atoms with Gasteiger partial charge in [-0.15, -0.1) is 0 Å². The standard InChI is InChI=1S/C26H31N3O6S/c1-17(28-15-25(32)20-7-10-24(31)22(13-20)16-30)11-19-3-2-4-21(12-19)26(33)29-14-18-5-8-23(9-6-18)36(27,34)35/h2-10,12-13,17,25,28,30-32H,11,14-16H2,1H3,(H,29,33)(H2,27,34,35)/t17-,25+/m1/s1. The van der Waals surface area contributed by atoms with Crippen LogP contribution in [-0.4, -0.2) is 42.2 Å². The second-order valence-corrected chi connectivity index (χ2v) is 10.2. The summed E-state index contributed by atoms with van der Waals surface area (Å²) in [5.41, 5.74) is 3.14. The molecule has 0 fully saturated rings. The summed E-state index contributed by atoms with van der Waals surface area (Å²) in [6, 6.07) is 17.9. The van der Waals surface area contributed by atoms with Crippen LogP contribution < -0.4 is 15.8 Å². The van der Waals surface area contributed by atoms with Crippen LogP contribution in [0.2, 0.25) is 0 Å². The number of aromatic hydroxyl groups is 1. The van der Waals surface area contributed by atoms with Crippen molar-refractivity contribution >= 4 is 15.9 Å². The smallest absolute Gasteiger partial charge is 0.251 e. The van der Waals surface area contributed by atoms with Gasteiger partial charge in [0.2, 0.25) is 10.0 Å². The number of carbonyl (C=O) groups excluding carboxylic acids is 1. The molecule has 0 unspecified atom stereocenters. The van der Waals surface area contributed by atoms with E-state index in [1.165, 1.54) is 18.2 Å². The summed E-state index contributed by atoms with van der Waals surface area (Å²) in [5.74, 6) is -0.269. The molecule has 10 heteroatoms. The van der Waals surface area contributed by atoms with Gasteiger partial charge in [0, 0.05) is 30.3 Å². The minimum absolute atomic E-state index is 0.00438. The van der Waals surface area contributed by atoms with Crippen molar-refractivity contribution in [1.29, 1.82) is 0 Å². The molecule has 0 aliphatic heterocycles. The van der Waals surface area contributed by atoms with Crippen LogP contribution in [0.3, 0.4) is 0 Å². The zero-order valence-electron chi connectivity index (χ0n) is 19.9. The van der Waals surface area contributed by atoms with Crippen molar-refractivity contribution in [1.82, 2.24) is 10.6 Å². The number of carbonyl (C=O) groups is 1. The van der Waals surface area contributed by atoms with E-state index in [4.69, 9.17) is 5.14 Å². The van der Waals surface area contributed by atoms with Crippen LogP contribution in [0.15, 0.2) is 71.6 Å². The van der Waals surface area contributed by atoms with Crippen molar-refractivity contribution in [2.45, 2.75) is 43.5 Å². The Labute approximate surface area is 210 Å². The predicted molar refractivity (Wildman–Crippen MR) is 136 cm³/mol. The quantitative estimate of drug-likeness (QED) is 0.227. The average Bonchev–Trinajstić information content (AvgIpc) is 2.86. The highest BCUT2D eigenvalue weighted by Crippen LogP contribution is 2.22. The van der Waals surface area contributed by atoms with E-state index in [9.17, 15) is 28.5 Å². The lowest BCUT2D eigenvalue weighted by Gasteiger charge is -2.18. The number of nitrogens with two attached hydrogens (primary N) is 1. The fourth-order valence-electron chi connectivity index (χ4n) is 3.72. The van der Waals surface area contributed by atoms with Gasteiger partial charge < -0.3 is 26.0 Å². The van der Waals surface area contributed by atoms with E-state index in [2.05, 4.69) is 10.6 Å². The molecule has 7 N–H and O–H groups in total. The number of nitrogens with one attached hydrogen (secondary N) is 2. The first-order valence-corrected chi connectivity index (χ1v) is 12.9. The highest BCUT2D eigenvalue weighted by Gasteiger charge is 2.13. The van der Waals surface area contributed by atoms with E-state index in [0.29, 0.717) is 23.1 Å². The van der Waals surface area contributed by atoms with E-state index in [-0.39, 0.29) is 42.3 Å². The molecule has 0 saturated heterocycles. The lowest BCUT2D eigenvalue weighted by Crippen LogP contribution is -2.32. The van der Waals surface area contributed by atoms with Gasteiger partial charge in [-0.2, -0.15) is 0 Å². The normalized spacial score (nSPS) is 13.2. The second-order valence-electron chi connectivity index (χ2n) is 8.65. The number of sulfonamides is 1. The molecule has 0 bridgehead atoms. The monoisotopic (exact) mass is 513 g/mol. The number of benzene rings is 3. The molecule has 0 heterocycles. The van der Waals surface area contributed by atoms with E-state index in [1.54, 1.807) is 36.4 Å². The highest BCUT2D eigenvalue weighted by molar-refractivity contribution is 7.89.